The van der Waals surface area contributed by atoms with Crippen molar-refractivity contribution in [1.29, 1.82) is 0 Å². The topological polar surface area (TPSA) is 66.0 Å². The molecule has 0 aromatic heterocycles. The number of benzene rings is 3. The van der Waals surface area contributed by atoms with Crippen molar-refractivity contribution in [2.24, 2.45) is 0 Å². The standard InChI is InChI=1S/C25H27NO5/c1-16-6-9-21(12-17(16)2)31-15-19-13-18(7-10-22(19)28-3)25(27)26-20-8-11-23(29-4)24(14-20)30-5/h6-14H,15H2,1-5H3,(H,26,27). The van der Waals surface area contributed by atoms with Crippen LogP contribution in [-0.2, 0) is 6.61 Å². The molecule has 6 heteroatoms. The summed E-state index contributed by atoms with van der Waals surface area (Å²) in [5.74, 6) is 2.31. The fourth-order valence-corrected chi connectivity index (χ4v) is 3.11. The third kappa shape index (κ3) is 5.28. The molecule has 0 radical (unpaired) electrons. The fourth-order valence-electron chi connectivity index (χ4n) is 3.11. The molecule has 0 atom stereocenters. The summed E-state index contributed by atoms with van der Waals surface area (Å²) < 4.78 is 21.9. The Morgan fingerprint density at radius 2 is 1.48 bits per heavy atom. The van der Waals surface area contributed by atoms with Gasteiger partial charge in [-0.1, -0.05) is 6.07 Å². The summed E-state index contributed by atoms with van der Waals surface area (Å²) in [6.45, 7) is 4.38. The zero-order chi connectivity index (χ0) is 22.4. The molecule has 0 bridgehead atoms. The highest BCUT2D eigenvalue weighted by molar-refractivity contribution is 6.04. The summed E-state index contributed by atoms with van der Waals surface area (Å²) in [6, 6.07) is 16.4. The predicted molar refractivity (Wildman–Crippen MR) is 121 cm³/mol. The number of methoxy groups -OCH3 is 3. The molecule has 1 N–H and O–H groups in total. The van der Waals surface area contributed by atoms with Gasteiger partial charge in [-0.25, -0.2) is 0 Å². The zero-order valence-electron chi connectivity index (χ0n) is 18.4. The van der Waals surface area contributed by atoms with Crippen LogP contribution in [0.25, 0.3) is 0 Å². The first-order valence-electron chi connectivity index (χ1n) is 9.85. The monoisotopic (exact) mass is 421 g/mol. The van der Waals surface area contributed by atoms with Crippen LogP contribution in [0.1, 0.15) is 27.0 Å². The Morgan fingerprint density at radius 1 is 0.774 bits per heavy atom. The van der Waals surface area contributed by atoms with E-state index in [-0.39, 0.29) is 12.5 Å². The van der Waals surface area contributed by atoms with Crippen molar-refractivity contribution in [1.82, 2.24) is 0 Å². The zero-order valence-corrected chi connectivity index (χ0v) is 18.4. The number of hydrogen-bond donors (Lipinski definition) is 1. The Balaban J connectivity index is 1.77. The van der Waals surface area contributed by atoms with Gasteiger partial charge >= 0.3 is 0 Å². The summed E-state index contributed by atoms with van der Waals surface area (Å²) in [5, 5.41) is 2.88. The molecule has 3 aromatic carbocycles. The van der Waals surface area contributed by atoms with Crippen molar-refractivity contribution < 1.29 is 23.7 Å². The second-order valence-electron chi connectivity index (χ2n) is 7.09. The van der Waals surface area contributed by atoms with E-state index >= 15 is 0 Å². The third-order valence-corrected chi connectivity index (χ3v) is 5.06. The van der Waals surface area contributed by atoms with Gasteiger partial charge in [0.1, 0.15) is 18.1 Å². The van der Waals surface area contributed by atoms with Gasteiger partial charge in [-0.3, -0.25) is 4.79 Å². The van der Waals surface area contributed by atoms with Crippen LogP contribution in [0.5, 0.6) is 23.0 Å². The molecule has 31 heavy (non-hydrogen) atoms. The normalized spacial score (nSPS) is 10.4. The molecule has 0 unspecified atom stereocenters. The lowest BCUT2D eigenvalue weighted by Gasteiger charge is -2.14. The minimum atomic E-state index is -0.248. The van der Waals surface area contributed by atoms with Crippen LogP contribution in [0.15, 0.2) is 54.6 Å². The molecule has 3 rings (SSSR count). The Morgan fingerprint density at radius 3 is 2.16 bits per heavy atom. The first-order chi connectivity index (χ1) is 14.9. The van der Waals surface area contributed by atoms with E-state index in [4.69, 9.17) is 18.9 Å². The average Bonchev–Trinajstić information content (AvgIpc) is 2.79. The van der Waals surface area contributed by atoms with E-state index in [0.29, 0.717) is 28.5 Å². The SMILES string of the molecule is COc1ccc(C(=O)Nc2ccc(OC)c(OC)c2)cc1COc1ccc(C)c(C)c1. The van der Waals surface area contributed by atoms with Crippen LogP contribution in [0, 0.1) is 13.8 Å². The second kappa shape index (κ2) is 9.89. The highest BCUT2D eigenvalue weighted by atomic mass is 16.5. The molecule has 0 aliphatic carbocycles. The van der Waals surface area contributed by atoms with Crippen LogP contribution in [0.4, 0.5) is 5.69 Å². The molecule has 0 saturated heterocycles. The quantitative estimate of drug-likeness (QED) is 0.544. The van der Waals surface area contributed by atoms with E-state index in [1.54, 1.807) is 57.7 Å². The molecule has 0 aliphatic heterocycles. The van der Waals surface area contributed by atoms with E-state index in [1.807, 2.05) is 25.1 Å². The molecule has 0 saturated carbocycles. The number of carbonyl (C=O) groups excluding carboxylic acids is 1. The van der Waals surface area contributed by atoms with Crippen LogP contribution in [0.2, 0.25) is 0 Å². The molecular formula is C25H27NO5. The van der Waals surface area contributed by atoms with Crippen molar-refractivity contribution in [2.75, 3.05) is 26.6 Å². The van der Waals surface area contributed by atoms with Crippen LogP contribution >= 0.6 is 0 Å². The van der Waals surface area contributed by atoms with Gasteiger partial charge in [0.2, 0.25) is 0 Å². The number of nitrogens with one attached hydrogen (secondary N) is 1. The molecular weight excluding hydrogens is 394 g/mol. The molecule has 0 fully saturated rings. The summed E-state index contributed by atoms with van der Waals surface area (Å²) in [6.07, 6.45) is 0. The number of hydrogen-bond acceptors (Lipinski definition) is 5. The molecule has 162 valence electrons. The van der Waals surface area contributed by atoms with E-state index < -0.39 is 0 Å². The maximum atomic E-state index is 12.8. The van der Waals surface area contributed by atoms with Crippen LogP contribution < -0.4 is 24.3 Å². The van der Waals surface area contributed by atoms with Gasteiger partial charge in [0, 0.05) is 22.9 Å². The minimum Gasteiger partial charge on any atom is -0.496 e. The summed E-state index contributed by atoms with van der Waals surface area (Å²) in [7, 11) is 4.71. The Labute approximate surface area is 182 Å². The highest BCUT2D eigenvalue weighted by Gasteiger charge is 2.13. The lowest BCUT2D eigenvalue weighted by Crippen LogP contribution is -2.13. The maximum Gasteiger partial charge on any atom is 0.255 e. The minimum absolute atomic E-state index is 0.248. The molecule has 6 nitrogen and oxygen atoms in total. The first-order valence-corrected chi connectivity index (χ1v) is 9.85. The third-order valence-electron chi connectivity index (χ3n) is 5.06. The predicted octanol–water partition coefficient (Wildman–Crippen LogP) is 5.16. The van der Waals surface area contributed by atoms with Crippen LogP contribution in [-0.4, -0.2) is 27.2 Å². The fraction of sp³-hybridized carbons (Fsp3) is 0.240. The van der Waals surface area contributed by atoms with Gasteiger partial charge in [-0.2, -0.15) is 0 Å². The van der Waals surface area contributed by atoms with E-state index in [1.165, 1.54) is 5.56 Å². The largest absolute Gasteiger partial charge is 0.496 e. The maximum absolute atomic E-state index is 12.8. The lowest BCUT2D eigenvalue weighted by molar-refractivity contribution is 0.102. The number of carbonyl (C=O) groups is 1. The van der Waals surface area contributed by atoms with Gasteiger partial charge < -0.3 is 24.3 Å². The molecule has 1 amide bonds. The second-order valence-corrected chi connectivity index (χ2v) is 7.09. The Bertz CT molecular complexity index is 1080. The van der Waals surface area contributed by atoms with Crippen molar-refractivity contribution in [2.45, 2.75) is 20.5 Å². The molecule has 0 aliphatic rings. The average molecular weight is 421 g/mol. The van der Waals surface area contributed by atoms with E-state index in [9.17, 15) is 4.79 Å². The van der Waals surface area contributed by atoms with E-state index in [2.05, 4.69) is 12.2 Å². The molecule has 3 aromatic rings. The number of amides is 1. The lowest BCUT2D eigenvalue weighted by atomic mass is 10.1. The molecule has 0 heterocycles. The highest BCUT2D eigenvalue weighted by Crippen LogP contribution is 2.30. The number of anilines is 1. The van der Waals surface area contributed by atoms with Gasteiger partial charge in [-0.15, -0.1) is 0 Å². The summed E-state index contributed by atoms with van der Waals surface area (Å²) >= 11 is 0. The van der Waals surface area contributed by atoms with Crippen molar-refractivity contribution in [3.8, 4) is 23.0 Å². The van der Waals surface area contributed by atoms with E-state index in [0.717, 1.165) is 16.9 Å². The molecule has 0 spiro atoms. The van der Waals surface area contributed by atoms with Gasteiger partial charge in [0.15, 0.2) is 11.5 Å². The first kappa shape index (κ1) is 22.0. The Kier molecular flexibility index (Phi) is 7.03. The van der Waals surface area contributed by atoms with Gasteiger partial charge in [-0.05, 0) is 67.4 Å². The van der Waals surface area contributed by atoms with Gasteiger partial charge in [0.05, 0.1) is 21.3 Å². The van der Waals surface area contributed by atoms with Crippen LogP contribution in [0.3, 0.4) is 0 Å². The summed E-state index contributed by atoms with van der Waals surface area (Å²) in [5.41, 5.74) is 4.24. The summed E-state index contributed by atoms with van der Waals surface area (Å²) in [4.78, 5) is 12.8. The number of rotatable bonds is 8. The number of aryl methyl sites for hydroxylation is 2. The number of ether oxygens (including phenoxy) is 4. The Hall–Kier alpha value is -3.67. The smallest absolute Gasteiger partial charge is 0.255 e. The van der Waals surface area contributed by atoms with Crippen molar-refractivity contribution in [3.05, 3.63) is 76.9 Å². The van der Waals surface area contributed by atoms with Gasteiger partial charge in [0.25, 0.3) is 5.91 Å². The van der Waals surface area contributed by atoms with Crippen molar-refractivity contribution >= 4 is 11.6 Å². The van der Waals surface area contributed by atoms with Crippen molar-refractivity contribution in [3.63, 3.8) is 0 Å².